The van der Waals surface area contributed by atoms with Crippen LogP contribution in [0.1, 0.15) is 37.3 Å². The van der Waals surface area contributed by atoms with Gasteiger partial charge in [0.25, 0.3) is 5.69 Å². The molecule has 2 N–H and O–H groups in total. The lowest BCUT2D eigenvalue weighted by molar-refractivity contribution is -0.385. The van der Waals surface area contributed by atoms with Crippen LogP contribution in [0, 0.1) is 22.5 Å². The normalized spacial score (nSPS) is 26.4. The van der Waals surface area contributed by atoms with Gasteiger partial charge >= 0.3 is 0 Å². The number of aryl methyl sites for hydroxylation is 1. The topological polar surface area (TPSA) is 69.2 Å². The molecule has 2 atom stereocenters. The number of nitro benzene ring substituents is 1. The van der Waals surface area contributed by atoms with Crippen molar-refractivity contribution in [2.75, 3.05) is 0 Å². The van der Waals surface area contributed by atoms with Gasteiger partial charge in [-0.25, -0.2) is 0 Å². The molecule has 17 heavy (non-hydrogen) atoms. The molecule has 4 nitrogen and oxygen atoms in total. The van der Waals surface area contributed by atoms with Crippen molar-refractivity contribution in [2.24, 2.45) is 11.1 Å². The summed E-state index contributed by atoms with van der Waals surface area (Å²) in [7, 11) is 0. The lowest BCUT2D eigenvalue weighted by atomic mass is 9.56. The van der Waals surface area contributed by atoms with Crippen LogP contribution in [0.25, 0.3) is 0 Å². The van der Waals surface area contributed by atoms with Crippen LogP contribution in [0.15, 0.2) is 18.2 Å². The van der Waals surface area contributed by atoms with E-state index >= 15 is 0 Å². The van der Waals surface area contributed by atoms with Crippen LogP contribution in [0.2, 0.25) is 0 Å². The maximum atomic E-state index is 10.9. The Morgan fingerprint density at radius 2 is 2.12 bits per heavy atom. The summed E-state index contributed by atoms with van der Waals surface area (Å²) in [6.45, 7) is 6.01. The molecule has 1 saturated carbocycles. The molecule has 1 aromatic rings. The summed E-state index contributed by atoms with van der Waals surface area (Å²) in [5, 5.41) is 10.9. The van der Waals surface area contributed by atoms with E-state index in [1.807, 2.05) is 12.1 Å². The van der Waals surface area contributed by atoms with Crippen molar-refractivity contribution < 1.29 is 4.92 Å². The molecule has 1 aliphatic carbocycles. The number of nitrogens with zero attached hydrogens (tertiary/aromatic N) is 1. The summed E-state index contributed by atoms with van der Waals surface area (Å²) in [4.78, 5) is 10.6. The first-order valence-corrected chi connectivity index (χ1v) is 5.84. The molecule has 2 rings (SSSR count). The van der Waals surface area contributed by atoms with Crippen molar-refractivity contribution in [3.63, 3.8) is 0 Å². The van der Waals surface area contributed by atoms with Gasteiger partial charge in [-0.2, -0.15) is 0 Å². The Labute approximate surface area is 101 Å². The second-order valence-corrected chi connectivity index (χ2v) is 5.52. The van der Waals surface area contributed by atoms with Gasteiger partial charge in [-0.1, -0.05) is 26.0 Å². The molecule has 0 saturated heterocycles. The number of benzene rings is 1. The van der Waals surface area contributed by atoms with E-state index in [0.29, 0.717) is 11.5 Å². The van der Waals surface area contributed by atoms with Gasteiger partial charge in [0, 0.05) is 17.7 Å². The van der Waals surface area contributed by atoms with Crippen LogP contribution in [0.3, 0.4) is 0 Å². The fourth-order valence-corrected chi connectivity index (χ4v) is 2.56. The van der Waals surface area contributed by atoms with E-state index in [1.54, 1.807) is 13.0 Å². The molecule has 1 aromatic carbocycles. The molecule has 4 heteroatoms. The van der Waals surface area contributed by atoms with E-state index < -0.39 is 0 Å². The third kappa shape index (κ3) is 1.82. The largest absolute Gasteiger partial charge is 0.327 e. The minimum atomic E-state index is -0.315. The van der Waals surface area contributed by atoms with E-state index in [1.165, 1.54) is 0 Å². The van der Waals surface area contributed by atoms with Gasteiger partial charge in [0.2, 0.25) is 0 Å². The second-order valence-electron chi connectivity index (χ2n) is 5.52. The molecule has 0 bridgehead atoms. The third-order valence-corrected chi connectivity index (χ3v) is 4.18. The van der Waals surface area contributed by atoms with Gasteiger partial charge in [-0.3, -0.25) is 10.1 Å². The molecular weight excluding hydrogens is 216 g/mol. The van der Waals surface area contributed by atoms with E-state index in [9.17, 15) is 10.1 Å². The predicted octanol–water partition coefficient (Wildman–Crippen LogP) is 2.74. The van der Waals surface area contributed by atoms with Crippen molar-refractivity contribution in [1.29, 1.82) is 0 Å². The molecule has 0 amide bonds. The first-order chi connectivity index (χ1) is 7.84. The lowest BCUT2D eigenvalue weighted by Crippen LogP contribution is -2.52. The Balaban J connectivity index is 2.36. The standard InChI is InChI=1S/C13H18N2O2/c1-8-4-5-9(6-11(8)15(16)17)10-7-12(14)13(10,2)3/h4-6,10,12H,7,14H2,1-3H3. The summed E-state index contributed by atoms with van der Waals surface area (Å²) in [6.07, 6.45) is 0.910. The number of nitro groups is 1. The number of hydrogen-bond acceptors (Lipinski definition) is 3. The molecule has 1 fully saturated rings. The first kappa shape index (κ1) is 12.0. The SMILES string of the molecule is Cc1ccc(C2CC(N)C2(C)C)cc1[N+](=O)[O-]. The summed E-state index contributed by atoms with van der Waals surface area (Å²) in [5.41, 5.74) is 7.96. The van der Waals surface area contributed by atoms with Gasteiger partial charge in [-0.05, 0) is 30.2 Å². The molecule has 0 radical (unpaired) electrons. The number of nitrogens with two attached hydrogens (primary N) is 1. The Kier molecular flexibility index (Phi) is 2.70. The van der Waals surface area contributed by atoms with Crippen LogP contribution < -0.4 is 5.73 Å². The maximum Gasteiger partial charge on any atom is 0.272 e. The van der Waals surface area contributed by atoms with Gasteiger partial charge < -0.3 is 5.73 Å². The summed E-state index contributed by atoms with van der Waals surface area (Å²) >= 11 is 0. The summed E-state index contributed by atoms with van der Waals surface area (Å²) in [5.74, 6) is 0.330. The summed E-state index contributed by atoms with van der Waals surface area (Å²) < 4.78 is 0. The molecular formula is C13H18N2O2. The van der Waals surface area contributed by atoms with Crippen LogP contribution in [0.4, 0.5) is 5.69 Å². The minimum Gasteiger partial charge on any atom is -0.327 e. The van der Waals surface area contributed by atoms with Crippen LogP contribution in [-0.4, -0.2) is 11.0 Å². The number of hydrogen-bond donors (Lipinski definition) is 1. The average molecular weight is 234 g/mol. The first-order valence-electron chi connectivity index (χ1n) is 5.84. The highest BCUT2D eigenvalue weighted by molar-refractivity contribution is 5.44. The van der Waals surface area contributed by atoms with Crippen LogP contribution >= 0.6 is 0 Å². The fraction of sp³-hybridized carbons (Fsp3) is 0.538. The smallest absolute Gasteiger partial charge is 0.272 e. The molecule has 0 spiro atoms. The molecule has 0 aromatic heterocycles. The van der Waals surface area contributed by atoms with Gasteiger partial charge in [0.05, 0.1) is 4.92 Å². The Hall–Kier alpha value is -1.42. The highest BCUT2D eigenvalue weighted by Gasteiger charge is 2.46. The van der Waals surface area contributed by atoms with Crippen molar-refractivity contribution in [2.45, 2.75) is 39.2 Å². The zero-order valence-electron chi connectivity index (χ0n) is 10.4. The van der Waals surface area contributed by atoms with Crippen molar-refractivity contribution in [3.8, 4) is 0 Å². The number of rotatable bonds is 2. The lowest BCUT2D eigenvalue weighted by Gasteiger charge is -2.50. The molecule has 0 heterocycles. The van der Waals surface area contributed by atoms with E-state index in [-0.39, 0.29) is 22.1 Å². The minimum absolute atomic E-state index is 0.0309. The highest BCUT2D eigenvalue weighted by Crippen LogP contribution is 2.51. The highest BCUT2D eigenvalue weighted by atomic mass is 16.6. The Morgan fingerprint density at radius 1 is 1.47 bits per heavy atom. The molecule has 0 aliphatic heterocycles. The molecule has 1 aliphatic rings. The van der Waals surface area contributed by atoms with Crippen molar-refractivity contribution in [3.05, 3.63) is 39.4 Å². The Morgan fingerprint density at radius 3 is 2.59 bits per heavy atom. The Bertz CT molecular complexity index is 468. The van der Waals surface area contributed by atoms with E-state index in [2.05, 4.69) is 13.8 Å². The molecule has 92 valence electrons. The van der Waals surface area contributed by atoms with Crippen molar-refractivity contribution >= 4 is 5.69 Å². The average Bonchev–Trinajstić information content (AvgIpc) is 2.26. The van der Waals surface area contributed by atoms with Crippen LogP contribution in [0.5, 0.6) is 0 Å². The fourth-order valence-electron chi connectivity index (χ4n) is 2.56. The van der Waals surface area contributed by atoms with Gasteiger partial charge in [0.1, 0.15) is 0 Å². The van der Waals surface area contributed by atoms with E-state index in [4.69, 9.17) is 5.73 Å². The van der Waals surface area contributed by atoms with E-state index in [0.717, 1.165) is 12.0 Å². The zero-order valence-corrected chi connectivity index (χ0v) is 10.4. The maximum absolute atomic E-state index is 10.9. The quantitative estimate of drug-likeness (QED) is 0.632. The van der Waals surface area contributed by atoms with Crippen molar-refractivity contribution in [1.82, 2.24) is 0 Å². The van der Waals surface area contributed by atoms with Gasteiger partial charge in [-0.15, -0.1) is 0 Å². The second kappa shape index (κ2) is 3.81. The summed E-state index contributed by atoms with van der Waals surface area (Å²) in [6, 6.07) is 5.70. The predicted molar refractivity (Wildman–Crippen MR) is 66.9 cm³/mol. The molecule has 2 unspecified atom stereocenters. The monoisotopic (exact) mass is 234 g/mol. The zero-order chi connectivity index (χ0) is 12.8. The van der Waals surface area contributed by atoms with Crippen LogP contribution in [-0.2, 0) is 0 Å². The van der Waals surface area contributed by atoms with Gasteiger partial charge in [0.15, 0.2) is 0 Å². The third-order valence-electron chi connectivity index (χ3n) is 4.18.